The predicted octanol–water partition coefficient (Wildman–Crippen LogP) is 3.45. The second-order valence-electron chi connectivity index (χ2n) is 6.89. The zero-order valence-electron chi connectivity index (χ0n) is 13.2. The molecule has 1 amide bonds. The molecule has 126 valence electrons. The summed E-state index contributed by atoms with van der Waals surface area (Å²) in [6, 6.07) is 5.57. The Kier molecular flexibility index (Phi) is 3.91. The highest BCUT2D eigenvalue weighted by atomic mass is 19.4. The summed E-state index contributed by atoms with van der Waals surface area (Å²) in [5, 5.41) is 0. The van der Waals surface area contributed by atoms with Crippen molar-refractivity contribution in [3.63, 3.8) is 0 Å². The maximum absolute atomic E-state index is 13.1. The van der Waals surface area contributed by atoms with Crippen molar-refractivity contribution < 1.29 is 22.7 Å². The van der Waals surface area contributed by atoms with Gasteiger partial charge in [0.05, 0.1) is 24.3 Å². The number of hydrogen-bond acceptors (Lipinski definition) is 2. The lowest BCUT2D eigenvalue weighted by Gasteiger charge is -2.42. The number of carbonyl (C=O) groups excluding carboxylic acids is 1. The van der Waals surface area contributed by atoms with E-state index in [1.807, 2.05) is 13.8 Å². The van der Waals surface area contributed by atoms with Gasteiger partial charge in [0.15, 0.2) is 0 Å². The van der Waals surface area contributed by atoms with Gasteiger partial charge in [-0.2, -0.15) is 13.2 Å². The van der Waals surface area contributed by atoms with Crippen molar-refractivity contribution in [3.05, 3.63) is 35.4 Å². The lowest BCUT2D eigenvalue weighted by molar-refractivity contribution is -0.148. The molecule has 1 aromatic carbocycles. The molecular weight excluding hydrogens is 307 g/mol. The molecule has 6 heteroatoms. The molecule has 0 aromatic heterocycles. The lowest BCUT2D eigenvalue weighted by atomic mass is 9.99. The van der Waals surface area contributed by atoms with E-state index >= 15 is 0 Å². The Morgan fingerprint density at radius 1 is 1.30 bits per heavy atom. The van der Waals surface area contributed by atoms with Crippen LogP contribution in [0.4, 0.5) is 13.2 Å². The van der Waals surface area contributed by atoms with Crippen molar-refractivity contribution in [1.82, 2.24) is 4.90 Å². The highest BCUT2D eigenvalue weighted by molar-refractivity contribution is 5.84. The van der Waals surface area contributed by atoms with Gasteiger partial charge in [-0.1, -0.05) is 18.2 Å². The summed E-state index contributed by atoms with van der Waals surface area (Å²) in [7, 11) is 0. The highest BCUT2D eigenvalue weighted by Crippen LogP contribution is 2.52. The molecule has 0 bridgehead atoms. The SMILES string of the molecule is CC1(C)COCCN1C(=O)C1CC1c1ccccc1C(F)(F)F. The average Bonchev–Trinajstić information content (AvgIpc) is 3.25. The Morgan fingerprint density at radius 2 is 2.00 bits per heavy atom. The molecule has 3 rings (SSSR count). The van der Waals surface area contributed by atoms with E-state index in [2.05, 4.69) is 0 Å². The van der Waals surface area contributed by atoms with E-state index in [0.29, 0.717) is 26.2 Å². The first-order valence-corrected chi connectivity index (χ1v) is 7.77. The van der Waals surface area contributed by atoms with Gasteiger partial charge in [0.25, 0.3) is 0 Å². The molecule has 23 heavy (non-hydrogen) atoms. The number of ether oxygens (including phenoxy) is 1. The van der Waals surface area contributed by atoms with Crippen molar-refractivity contribution in [1.29, 1.82) is 0 Å². The highest BCUT2D eigenvalue weighted by Gasteiger charge is 2.51. The minimum absolute atomic E-state index is 0.0553. The molecule has 1 saturated heterocycles. The Labute approximate surface area is 133 Å². The van der Waals surface area contributed by atoms with Gasteiger partial charge in [-0.15, -0.1) is 0 Å². The summed E-state index contributed by atoms with van der Waals surface area (Å²) < 4.78 is 44.8. The first-order valence-electron chi connectivity index (χ1n) is 7.77. The third-order valence-electron chi connectivity index (χ3n) is 4.68. The van der Waals surface area contributed by atoms with Crippen LogP contribution in [-0.4, -0.2) is 36.1 Å². The van der Waals surface area contributed by atoms with Crippen LogP contribution in [0.5, 0.6) is 0 Å². The van der Waals surface area contributed by atoms with Gasteiger partial charge in [-0.3, -0.25) is 4.79 Å². The molecule has 1 aliphatic heterocycles. The summed E-state index contributed by atoms with van der Waals surface area (Å²) in [6.07, 6.45) is -3.90. The molecule has 2 aliphatic rings. The molecular formula is C17H20F3NO2. The smallest absolute Gasteiger partial charge is 0.377 e. The fourth-order valence-corrected chi connectivity index (χ4v) is 3.36. The van der Waals surface area contributed by atoms with Gasteiger partial charge in [0, 0.05) is 12.5 Å². The summed E-state index contributed by atoms with van der Waals surface area (Å²) in [5.41, 5.74) is -0.794. The van der Waals surface area contributed by atoms with Gasteiger partial charge < -0.3 is 9.64 Å². The molecule has 1 aromatic rings. The van der Waals surface area contributed by atoms with E-state index in [-0.39, 0.29) is 23.3 Å². The summed E-state index contributed by atoms with van der Waals surface area (Å²) in [5.74, 6) is -0.741. The number of halogens is 3. The lowest BCUT2D eigenvalue weighted by Crippen LogP contribution is -2.56. The van der Waals surface area contributed by atoms with E-state index < -0.39 is 17.3 Å². The van der Waals surface area contributed by atoms with Crippen molar-refractivity contribution in [2.45, 2.75) is 37.9 Å². The first kappa shape index (κ1) is 16.3. The number of morpholine rings is 1. The van der Waals surface area contributed by atoms with Crippen LogP contribution in [0, 0.1) is 5.92 Å². The minimum Gasteiger partial charge on any atom is -0.377 e. The summed E-state index contributed by atoms with van der Waals surface area (Å²) in [4.78, 5) is 14.5. The molecule has 1 saturated carbocycles. The van der Waals surface area contributed by atoms with Gasteiger partial charge in [-0.25, -0.2) is 0 Å². The molecule has 0 N–H and O–H groups in total. The number of benzene rings is 1. The third kappa shape index (κ3) is 3.09. The van der Waals surface area contributed by atoms with Crippen LogP contribution in [0.25, 0.3) is 0 Å². The largest absolute Gasteiger partial charge is 0.416 e. The maximum Gasteiger partial charge on any atom is 0.416 e. The zero-order valence-corrected chi connectivity index (χ0v) is 13.2. The number of amides is 1. The monoisotopic (exact) mass is 327 g/mol. The van der Waals surface area contributed by atoms with Crippen molar-refractivity contribution >= 4 is 5.91 Å². The fraction of sp³-hybridized carbons (Fsp3) is 0.588. The molecule has 1 heterocycles. The molecule has 0 spiro atoms. The van der Waals surface area contributed by atoms with Gasteiger partial charge in [0.2, 0.25) is 5.91 Å². The van der Waals surface area contributed by atoms with Crippen LogP contribution in [0.2, 0.25) is 0 Å². The minimum atomic E-state index is -4.38. The van der Waals surface area contributed by atoms with E-state index in [0.717, 1.165) is 6.07 Å². The second-order valence-corrected chi connectivity index (χ2v) is 6.89. The number of alkyl halides is 3. The number of hydrogen-bond donors (Lipinski definition) is 0. The van der Waals surface area contributed by atoms with E-state index in [1.165, 1.54) is 12.1 Å². The Hall–Kier alpha value is -1.56. The van der Waals surface area contributed by atoms with Crippen LogP contribution < -0.4 is 0 Å². The normalized spacial score (nSPS) is 26.9. The quantitative estimate of drug-likeness (QED) is 0.833. The van der Waals surface area contributed by atoms with Crippen LogP contribution in [0.1, 0.15) is 37.3 Å². The van der Waals surface area contributed by atoms with Crippen molar-refractivity contribution in [2.24, 2.45) is 5.92 Å². The van der Waals surface area contributed by atoms with Gasteiger partial charge >= 0.3 is 6.18 Å². The van der Waals surface area contributed by atoms with E-state index in [4.69, 9.17) is 4.74 Å². The number of rotatable bonds is 2. The van der Waals surface area contributed by atoms with Crippen LogP contribution in [0.15, 0.2) is 24.3 Å². The van der Waals surface area contributed by atoms with Crippen LogP contribution in [0.3, 0.4) is 0 Å². The first-order chi connectivity index (χ1) is 10.7. The number of nitrogens with zero attached hydrogens (tertiary/aromatic N) is 1. The fourth-order valence-electron chi connectivity index (χ4n) is 3.36. The Morgan fingerprint density at radius 3 is 2.65 bits per heavy atom. The van der Waals surface area contributed by atoms with Crippen molar-refractivity contribution in [2.75, 3.05) is 19.8 Å². The van der Waals surface area contributed by atoms with E-state index in [9.17, 15) is 18.0 Å². The topological polar surface area (TPSA) is 29.5 Å². The zero-order chi connectivity index (χ0) is 16.8. The second kappa shape index (κ2) is 5.51. The Bertz CT molecular complexity index is 612. The predicted molar refractivity (Wildman–Crippen MR) is 78.9 cm³/mol. The van der Waals surface area contributed by atoms with Crippen LogP contribution >= 0.6 is 0 Å². The third-order valence-corrected chi connectivity index (χ3v) is 4.68. The molecule has 3 nitrogen and oxygen atoms in total. The molecule has 2 fully saturated rings. The molecule has 2 atom stereocenters. The van der Waals surface area contributed by atoms with Gasteiger partial charge in [-0.05, 0) is 37.8 Å². The van der Waals surface area contributed by atoms with Crippen molar-refractivity contribution in [3.8, 4) is 0 Å². The maximum atomic E-state index is 13.1. The Balaban J connectivity index is 1.79. The standard InChI is InChI=1S/C17H20F3NO2/c1-16(2)10-23-8-7-21(16)15(22)13-9-12(13)11-5-3-4-6-14(11)17(18,19)20/h3-6,12-13H,7-10H2,1-2H3. The summed E-state index contributed by atoms with van der Waals surface area (Å²) in [6.45, 7) is 5.27. The van der Waals surface area contributed by atoms with Crippen LogP contribution in [-0.2, 0) is 15.7 Å². The van der Waals surface area contributed by atoms with E-state index in [1.54, 1.807) is 11.0 Å². The summed E-state index contributed by atoms with van der Waals surface area (Å²) >= 11 is 0. The van der Waals surface area contributed by atoms with Gasteiger partial charge in [0.1, 0.15) is 0 Å². The average molecular weight is 327 g/mol. The molecule has 0 radical (unpaired) electrons. The molecule has 1 aliphatic carbocycles. The number of carbonyl (C=O) groups is 1. The molecule has 2 unspecified atom stereocenters.